The molecular weight excluding hydrogens is 136 g/mol. The third kappa shape index (κ3) is 1.30. The van der Waals surface area contributed by atoms with Crippen LogP contribution in [-0.4, -0.2) is 0 Å². The molecule has 10 heavy (non-hydrogen) atoms. The zero-order chi connectivity index (χ0) is 7.56. The van der Waals surface area contributed by atoms with Crippen LogP contribution in [0, 0.1) is 17.7 Å². The molecule has 0 aromatic heterocycles. The van der Waals surface area contributed by atoms with Gasteiger partial charge in [-0.3, -0.25) is 0 Å². The molecule has 1 rings (SSSR count). The molecule has 0 bridgehead atoms. The SMILES string of the molecule is NCc1ccc(F)[c]c1F. The number of nitrogens with two attached hydrogens (primary N) is 1. The molecule has 1 aromatic carbocycles. The van der Waals surface area contributed by atoms with Crippen molar-refractivity contribution in [3.63, 3.8) is 0 Å². The van der Waals surface area contributed by atoms with Gasteiger partial charge >= 0.3 is 0 Å². The van der Waals surface area contributed by atoms with Crippen molar-refractivity contribution in [1.82, 2.24) is 0 Å². The van der Waals surface area contributed by atoms with E-state index in [4.69, 9.17) is 5.73 Å². The molecular formula is C7H6F2N. The molecule has 0 saturated carbocycles. The van der Waals surface area contributed by atoms with Gasteiger partial charge in [-0.15, -0.1) is 0 Å². The molecule has 0 saturated heterocycles. The molecule has 0 heterocycles. The van der Waals surface area contributed by atoms with Crippen LogP contribution in [0.25, 0.3) is 0 Å². The summed E-state index contributed by atoms with van der Waals surface area (Å²) >= 11 is 0. The maximum absolute atomic E-state index is 12.5. The fraction of sp³-hybridized carbons (Fsp3) is 0.143. The fourth-order valence-corrected chi connectivity index (χ4v) is 0.631. The predicted molar refractivity (Wildman–Crippen MR) is 33.1 cm³/mol. The second kappa shape index (κ2) is 2.75. The van der Waals surface area contributed by atoms with Crippen molar-refractivity contribution in [3.05, 3.63) is 35.4 Å². The van der Waals surface area contributed by atoms with Gasteiger partial charge in [0.05, 0.1) is 6.07 Å². The lowest BCUT2D eigenvalue weighted by Gasteiger charge is -1.96. The lowest BCUT2D eigenvalue weighted by molar-refractivity contribution is 0.569. The third-order valence-corrected chi connectivity index (χ3v) is 1.16. The topological polar surface area (TPSA) is 26.0 Å². The Balaban J connectivity index is 3.07. The minimum Gasteiger partial charge on any atom is -0.326 e. The maximum Gasteiger partial charge on any atom is 0.138 e. The van der Waals surface area contributed by atoms with Gasteiger partial charge in [-0.05, 0) is 6.07 Å². The molecule has 1 radical (unpaired) electrons. The Hall–Kier alpha value is -0.960. The Labute approximate surface area is 57.5 Å². The first-order valence-corrected chi connectivity index (χ1v) is 2.80. The predicted octanol–water partition coefficient (Wildman–Crippen LogP) is 1.22. The van der Waals surface area contributed by atoms with Gasteiger partial charge in [-0.1, -0.05) is 6.07 Å². The van der Waals surface area contributed by atoms with E-state index >= 15 is 0 Å². The van der Waals surface area contributed by atoms with E-state index in [2.05, 4.69) is 0 Å². The van der Waals surface area contributed by atoms with Crippen LogP contribution in [0.4, 0.5) is 8.78 Å². The number of benzene rings is 1. The highest BCUT2D eigenvalue weighted by Crippen LogP contribution is 2.06. The molecule has 0 aliphatic carbocycles. The molecule has 1 nitrogen and oxygen atoms in total. The summed E-state index contributed by atoms with van der Waals surface area (Å²) in [5, 5.41) is 0. The molecule has 3 heteroatoms. The monoisotopic (exact) mass is 142 g/mol. The lowest BCUT2D eigenvalue weighted by Crippen LogP contribution is -1.99. The average Bonchev–Trinajstić information content (AvgIpc) is 1.88. The van der Waals surface area contributed by atoms with Crippen LogP contribution in [0.5, 0.6) is 0 Å². The quantitative estimate of drug-likeness (QED) is 0.626. The van der Waals surface area contributed by atoms with Gasteiger partial charge < -0.3 is 5.73 Å². The van der Waals surface area contributed by atoms with Crippen molar-refractivity contribution in [1.29, 1.82) is 0 Å². The molecule has 2 N–H and O–H groups in total. The number of halogens is 2. The van der Waals surface area contributed by atoms with Crippen molar-refractivity contribution in [2.75, 3.05) is 0 Å². The van der Waals surface area contributed by atoms with Crippen LogP contribution in [0.1, 0.15) is 5.56 Å². The smallest absolute Gasteiger partial charge is 0.138 e. The van der Waals surface area contributed by atoms with Crippen LogP contribution in [0.3, 0.4) is 0 Å². The standard InChI is InChI=1S/C7H6F2N/c8-6-2-1-5(4-10)7(9)3-6/h1-2H,4,10H2. The van der Waals surface area contributed by atoms with E-state index in [1.165, 1.54) is 6.07 Å². The van der Waals surface area contributed by atoms with Crippen LogP contribution in [0.15, 0.2) is 12.1 Å². The zero-order valence-corrected chi connectivity index (χ0v) is 5.20. The molecule has 0 spiro atoms. The largest absolute Gasteiger partial charge is 0.326 e. The lowest BCUT2D eigenvalue weighted by atomic mass is 10.2. The van der Waals surface area contributed by atoms with E-state index in [9.17, 15) is 8.78 Å². The average molecular weight is 142 g/mol. The Morgan fingerprint density at radius 2 is 2.10 bits per heavy atom. The molecule has 1 aromatic rings. The van der Waals surface area contributed by atoms with Crippen molar-refractivity contribution in [2.45, 2.75) is 6.54 Å². The second-order valence-corrected chi connectivity index (χ2v) is 1.85. The van der Waals surface area contributed by atoms with Gasteiger partial charge in [0.25, 0.3) is 0 Å². The van der Waals surface area contributed by atoms with Crippen LogP contribution in [0.2, 0.25) is 0 Å². The summed E-state index contributed by atoms with van der Waals surface area (Å²) in [6, 6.07) is 4.31. The fourth-order valence-electron chi connectivity index (χ4n) is 0.631. The van der Waals surface area contributed by atoms with Gasteiger partial charge in [0.1, 0.15) is 11.6 Å². The van der Waals surface area contributed by atoms with E-state index in [1.54, 1.807) is 0 Å². The molecule has 0 aliphatic rings. The molecule has 53 valence electrons. The third-order valence-electron chi connectivity index (χ3n) is 1.16. The summed E-state index contributed by atoms with van der Waals surface area (Å²) in [7, 11) is 0. The Morgan fingerprint density at radius 3 is 2.60 bits per heavy atom. The molecule has 0 amide bonds. The van der Waals surface area contributed by atoms with Gasteiger partial charge in [0, 0.05) is 12.1 Å². The zero-order valence-electron chi connectivity index (χ0n) is 5.20. The molecule has 0 atom stereocenters. The highest BCUT2D eigenvalue weighted by molar-refractivity contribution is 5.16. The van der Waals surface area contributed by atoms with Crippen molar-refractivity contribution >= 4 is 0 Å². The first-order chi connectivity index (χ1) is 4.74. The van der Waals surface area contributed by atoms with Crippen LogP contribution in [-0.2, 0) is 6.54 Å². The van der Waals surface area contributed by atoms with Gasteiger partial charge in [-0.2, -0.15) is 0 Å². The molecule has 0 unspecified atom stereocenters. The van der Waals surface area contributed by atoms with Crippen LogP contribution < -0.4 is 5.73 Å². The van der Waals surface area contributed by atoms with Gasteiger partial charge in [0.2, 0.25) is 0 Å². The Morgan fingerprint density at radius 1 is 1.40 bits per heavy atom. The summed E-state index contributed by atoms with van der Waals surface area (Å²) in [6.07, 6.45) is 0. The van der Waals surface area contributed by atoms with Gasteiger partial charge in [0.15, 0.2) is 0 Å². The van der Waals surface area contributed by atoms with Crippen molar-refractivity contribution < 1.29 is 8.78 Å². The first kappa shape index (κ1) is 7.15. The second-order valence-electron chi connectivity index (χ2n) is 1.85. The van der Waals surface area contributed by atoms with Crippen molar-refractivity contribution in [3.8, 4) is 0 Å². The normalized spacial score (nSPS) is 9.90. The minimum atomic E-state index is -0.706. The van der Waals surface area contributed by atoms with Crippen LogP contribution >= 0.6 is 0 Å². The summed E-state index contributed by atoms with van der Waals surface area (Å²) in [5.41, 5.74) is 5.40. The number of hydrogen-bond acceptors (Lipinski definition) is 1. The van der Waals surface area contributed by atoms with E-state index in [0.717, 1.165) is 6.07 Å². The number of hydrogen-bond donors (Lipinski definition) is 1. The maximum atomic E-state index is 12.5. The summed E-state index contributed by atoms with van der Waals surface area (Å²) in [6.45, 7) is 0.0720. The van der Waals surface area contributed by atoms with Crippen molar-refractivity contribution in [2.24, 2.45) is 5.73 Å². The summed E-state index contributed by atoms with van der Waals surface area (Å²) in [5.74, 6) is -1.41. The van der Waals surface area contributed by atoms with E-state index in [0.29, 0.717) is 0 Å². The molecule has 0 fully saturated rings. The van der Waals surface area contributed by atoms with E-state index < -0.39 is 11.6 Å². The Kier molecular flexibility index (Phi) is 1.97. The minimum absolute atomic E-state index is 0.0720. The van der Waals surface area contributed by atoms with E-state index in [1.807, 2.05) is 6.07 Å². The highest BCUT2D eigenvalue weighted by atomic mass is 19.1. The summed E-state index contributed by atoms with van der Waals surface area (Å²) in [4.78, 5) is 0. The number of rotatable bonds is 1. The first-order valence-electron chi connectivity index (χ1n) is 2.80. The molecule has 0 aliphatic heterocycles. The highest BCUT2D eigenvalue weighted by Gasteiger charge is 2.00. The van der Waals surface area contributed by atoms with E-state index in [-0.39, 0.29) is 12.1 Å². The summed E-state index contributed by atoms with van der Waals surface area (Å²) < 4.78 is 24.6. The van der Waals surface area contributed by atoms with Gasteiger partial charge in [-0.25, -0.2) is 8.78 Å². The Bertz CT molecular complexity index is 235.